The predicted octanol–water partition coefficient (Wildman–Crippen LogP) is 6.21. The number of rotatable bonds is 7. The van der Waals surface area contributed by atoms with E-state index in [1.54, 1.807) is 0 Å². The first-order chi connectivity index (χ1) is 14.4. The molecule has 30 heavy (non-hydrogen) atoms. The van der Waals surface area contributed by atoms with Crippen molar-refractivity contribution in [2.75, 3.05) is 0 Å². The van der Waals surface area contributed by atoms with Crippen LogP contribution in [0.15, 0.2) is 41.0 Å². The summed E-state index contributed by atoms with van der Waals surface area (Å²) >= 11 is 3.41. The molecule has 1 saturated carbocycles. The van der Waals surface area contributed by atoms with Crippen LogP contribution < -0.4 is 4.74 Å². The average Bonchev–Trinajstić information content (AvgIpc) is 3.34. The Labute approximate surface area is 183 Å². The summed E-state index contributed by atoms with van der Waals surface area (Å²) in [6.45, 7) is 2.12. The monoisotopic (exact) mass is 474 g/mol. The van der Waals surface area contributed by atoms with Crippen LogP contribution in [0.1, 0.15) is 62.1 Å². The molecule has 0 amide bonds. The first-order valence-corrected chi connectivity index (χ1v) is 11.0. The summed E-state index contributed by atoms with van der Waals surface area (Å²) in [5.74, 6) is -0.529. The molecule has 1 atom stereocenters. The highest BCUT2D eigenvalue weighted by Gasteiger charge is 2.23. The average molecular weight is 475 g/mol. The lowest BCUT2D eigenvalue weighted by molar-refractivity contribution is -0.137. The van der Waals surface area contributed by atoms with Gasteiger partial charge < -0.3 is 9.84 Å². The Hall–Kier alpha value is -2.41. The van der Waals surface area contributed by atoms with Crippen molar-refractivity contribution in [1.82, 2.24) is 9.78 Å². The van der Waals surface area contributed by atoms with Crippen LogP contribution in [0.5, 0.6) is 5.75 Å². The number of fused-ring (bicyclic) bond motifs is 1. The van der Waals surface area contributed by atoms with Crippen molar-refractivity contribution in [3.63, 3.8) is 0 Å². The molecule has 1 heterocycles. The standard InChI is InChI=1S/C23H24BrFN2O3/c1-14(10-21(28)29)16-6-8-18(9-7-16)30-13-15-11-19(25)22-20(12-15)27(26-23(22)24)17-4-2-3-5-17/h6-9,11-12,14,17H,2-5,10,13H2,1H3,(H,28,29)/t14-/m0/s1. The lowest BCUT2D eigenvalue weighted by Gasteiger charge is -2.13. The van der Waals surface area contributed by atoms with Crippen molar-refractivity contribution in [3.8, 4) is 5.75 Å². The van der Waals surface area contributed by atoms with Crippen molar-refractivity contribution in [2.45, 2.75) is 57.6 Å². The second-order valence-electron chi connectivity index (χ2n) is 8.00. The summed E-state index contributed by atoms with van der Waals surface area (Å²) in [5, 5.41) is 14.0. The van der Waals surface area contributed by atoms with Gasteiger partial charge >= 0.3 is 5.97 Å². The third-order valence-corrected chi connectivity index (χ3v) is 6.34. The quantitative estimate of drug-likeness (QED) is 0.441. The summed E-state index contributed by atoms with van der Waals surface area (Å²) in [6.07, 6.45) is 4.58. The molecule has 0 unspecified atom stereocenters. The number of hydrogen-bond donors (Lipinski definition) is 1. The van der Waals surface area contributed by atoms with Crippen molar-refractivity contribution in [2.24, 2.45) is 0 Å². The lowest BCUT2D eigenvalue weighted by Crippen LogP contribution is -2.07. The highest BCUT2D eigenvalue weighted by atomic mass is 79.9. The number of carboxylic acids is 1. The number of hydrogen-bond acceptors (Lipinski definition) is 3. The molecule has 1 N–H and O–H groups in total. The van der Waals surface area contributed by atoms with Crippen LogP contribution in [0, 0.1) is 5.82 Å². The molecule has 1 aromatic heterocycles. The van der Waals surface area contributed by atoms with Crippen molar-refractivity contribution < 1.29 is 19.0 Å². The number of nitrogens with zero attached hydrogens (tertiary/aromatic N) is 2. The Balaban J connectivity index is 1.51. The Bertz CT molecular complexity index is 1060. The van der Waals surface area contributed by atoms with Gasteiger partial charge in [0.2, 0.25) is 0 Å². The van der Waals surface area contributed by atoms with Crippen LogP contribution in [0.2, 0.25) is 0 Å². The smallest absolute Gasteiger partial charge is 0.303 e. The Morgan fingerprint density at radius 1 is 1.30 bits per heavy atom. The second kappa shape index (κ2) is 8.76. The predicted molar refractivity (Wildman–Crippen MR) is 116 cm³/mol. The topological polar surface area (TPSA) is 64.3 Å². The normalized spacial score (nSPS) is 15.6. The van der Waals surface area contributed by atoms with E-state index in [1.807, 2.05) is 41.9 Å². The Morgan fingerprint density at radius 3 is 2.67 bits per heavy atom. The Morgan fingerprint density at radius 2 is 2.00 bits per heavy atom. The molecule has 1 aliphatic rings. The zero-order valence-electron chi connectivity index (χ0n) is 16.8. The number of halogens is 2. The van der Waals surface area contributed by atoms with E-state index in [1.165, 1.54) is 18.9 Å². The minimum Gasteiger partial charge on any atom is -0.489 e. The molecule has 0 radical (unpaired) electrons. The first-order valence-electron chi connectivity index (χ1n) is 10.2. The third-order valence-electron chi connectivity index (χ3n) is 5.78. The molecule has 0 spiro atoms. The molecular formula is C23H24BrFN2O3. The molecule has 0 saturated heterocycles. The van der Waals surface area contributed by atoms with E-state index in [2.05, 4.69) is 21.0 Å². The summed E-state index contributed by atoms with van der Waals surface area (Å²) < 4.78 is 23.2. The van der Waals surface area contributed by atoms with E-state index in [0.717, 1.165) is 29.5 Å². The summed E-state index contributed by atoms with van der Waals surface area (Å²) in [4.78, 5) is 10.9. The first kappa shape index (κ1) is 20.8. The fraction of sp³-hybridized carbons (Fsp3) is 0.391. The fourth-order valence-corrected chi connectivity index (χ4v) is 4.74. The van der Waals surface area contributed by atoms with Gasteiger partial charge in [-0.15, -0.1) is 0 Å². The number of carbonyl (C=O) groups is 1. The SMILES string of the molecule is C[C@@H](CC(=O)O)c1ccc(OCc2cc(F)c3c(Br)nn(C4CCCC4)c3c2)cc1. The number of aliphatic carboxylic acids is 1. The zero-order chi connectivity index (χ0) is 21.3. The molecule has 0 aliphatic heterocycles. The van der Waals surface area contributed by atoms with E-state index in [-0.39, 0.29) is 24.8 Å². The highest BCUT2D eigenvalue weighted by molar-refractivity contribution is 9.10. The molecule has 1 fully saturated rings. The minimum atomic E-state index is -0.816. The van der Waals surface area contributed by atoms with Crippen LogP contribution in [0.25, 0.3) is 10.9 Å². The van der Waals surface area contributed by atoms with Gasteiger partial charge in [-0.05, 0) is 70.1 Å². The van der Waals surface area contributed by atoms with Crippen LogP contribution in [-0.4, -0.2) is 20.9 Å². The van der Waals surface area contributed by atoms with Crippen LogP contribution >= 0.6 is 15.9 Å². The van der Waals surface area contributed by atoms with Gasteiger partial charge in [0.15, 0.2) is 0 Å². The summed E-state index contributed by atoms with van der Waals surface area (Å²) in [6, 6.07) is 11.2. The van der Waals surface area contributed by atoms with Gasteiger partial charge in [-0.2, -0.15) is 5.10 Å². The van der Waals surface area contributed by atoms with Gasteiger partial charge in [-0.1, -0.05) is 31.9 Å². The molecule has 158 valence electrons. The number of carboxylic acid groups (broad SMARTS) is 1. The maximum absolute atomic E-state index is 14.8. The minimum absolute atomic E-state index is 0.0672. The van der Waals surface area contributed by atoms with Gasteiger partial charge in [0.25, 0.3) is 0 Å². The Kier molecular flexibility index (Phi) is 6.09. The molecule has 5 nitrogen and oxygen atoms in total. The number of aromatic nitrogens is 2. The van der Waals surface area contributed by atoms with E-state index in [0.29, 0.717) is 21.8 Å². The van der Waals surface area contributed by atoms with Gasteiger partial charge in [-0.3, -0.25) is 9.48 Å². The van der Waals surface area contributed by atoms with E-state index < -0.39 is 5.97 Å². The van der Waals surface area contributed by atoms with Crippen molar-refractivity contribution >= 4 is 32.8 Å². The molecule has 4 rings (SSSR count). The van der Waals surface area contributed by atoms with Crippen molar-refractivity contribution in [1.29, 1.82) is 0 Å². The fourth-order valence-electron chi connectivity index (χ4n) is 4.18. The van der Waals surface area contributed by atoms with Crippen LogP contribution in [0.3, 0.4) is 0 Å². The van der Waals surface area contributed by atoms with Gasteiger partial charge in [0, 0.05) is 0 Å². The lowest BCUT2D eigenvalue weighted by atomic mass is 9.98. The molecule has 0 bridgehead atoms. The largest absolute Gasteiger partial charge is 0.489 e. The second-order valence-corrected chi connectivity index (χ2v) is 8.75. The maximum Gasteiger partial charge on any atom is 0.303 e. The van der Waals surface area contributed by atoms with E-state index in [9.17, 15) is 9.18 Å². The zero-order valence-corrected chi connectivity index (χ0v) is 18.4. The maximum atomic E-state index is 14.8. The highest BCUT2D eigenvalue weighted by Crippen LogP contribution is 2.35. The van der Waals surface area contributed by atoms with E-state index >= 15 is 0 Å². The van der Waals surface area contributed by atoms with Crippen molar-refractivity contribution in [3.05, 3.63) is 57.9 Å². The molecular weight excluding hydrogens is 451 g/mol. The molecule has 1 aliphatic carbocycles. The van der Waals surface area contributed by atoms with Gasteiger partial charge in [0.05, 0.1) is 23.4 Å². The van der Waals surface area contributed by atoms with Gasteiger partial charge in [0.1, 0.15) is 22.8 Å². The molecule has 7 heteroatoms. The molecule has 2 aromatic carbocycles. The van der Waals surface area contributed by atoms with Crippen LogP contribution in [0.4, 0.5) is 4.39 Å². The van der Waals surface area contributed by atoms with E-state index in [4.69, 9.17) is 9.84 Å². The number of ether oxygens (including phenoxy) is 1. The van der Waals surface area contributed by atoms with Gasteiger partial charge in [-0.25, -0.2) is 4.39 Å². The summed E-state index contributed by atoms with van der Waals surface area (Å²) in [7, 11) is 0. The number of benzene rings is 2. The van der Waals surface area contributed by atoms with Crippen LogP contribution in [-0.2, 0) is 11.4 Å². The molecule has 3 aromatic rings. The third kappa shape index (κ3) is 4.36. The summed E-state index contributed by atoms with van der Waals surface area (Å²) in [5.41, 5.74) is 2.49.